The van der Waals surface area contributed by atoms with E-state index in [4.69, 9.17) is 4.74 Å². The van der Waals surface area contributed by atoms with E-state index in [0.717, 1.165) is 36.5 Å². The summed E-state index contributed by atoms with van der Waals surface area (Å²) in [5.41, 5.74) is 1.98. The van der Waals surface area contributed by atoms with Crippen LogP contribution in [0.15, 0.2) is 29.3 Å². The van der Waals surface area contributed by atoms with Crippen molar-refractivity contribution in [1.29, 1.82) is 0 Å². The molecule has 2 heterocycles. The van der Waals surface area contributed by atoms with E-state index in [0.29, 0.717) is 31.2 Å². The van der Waals surface area contributed by atoms with Crippen molar-refractivity contribution in [3.63, 3.8) is 0 Å². The van der Waals surface area contributed by atoms with E-state index < -0.39 is 0 Å². The van der Waals surface area contributed by atoms with Gasteiger partial charge in [-0.1, -0.05) is 19.1 Å². The minimum absolute atomic E-state index is 0. The van der Waals surface area contributed by atoms with E-state index in [1.807, 2.05) is 31.2 Å². The number of guanidine groups is 1. The third-order valence-electron chi connectivity index (χ3n) is 4.83. The molecule has 3 atom stereocenters. The molecule has 7 heteroatoms. The molecule has 0 aliphatic carbocycles. The lowest BCUT2D eigenvalue weighted by molar-refractivity contribution is -0.116. The van der Waals surface area contributed by atoms with Crippen LogP contribution < -0.4 is 16.0 Å². The van der Waals surface area contributed by atoms with Crippen molar-refractivity contribution in [3.8, 4) is 0 Å². The van der Waals surface area contributed by atoms with Crippen LogP contribution in [0, 0.1) is 0 Å². The first-order valence-electron chi connectivity index (χ1n) is 9.19. The quantitative estimate of drug-likeness (QED) is 0.338. The predicted octanol–water partition coefficient (Wildman–Crippen LogP) is 3.03. The second-order valence-corrected chi connectivity index (χ2v) is 6.78. The summed E-state index contributed by atoms with van der Waals surface area (Å²) in [5, 5.41) is 9.72. The van der Waals surface area contributed by atoms with Crippen LogP contribution in [0.4, 0.5) is 5.69 Å². The molecule has 3 rings (SSSR count). The van der Waals surface area contributed by atoms with E-state index in [1.54, 1.807) is 7.05 Å². The number of carbonyl (C=O) groups is 1. The zero-order valence-corrected chi connectivity index (χ0v) is 17.8. The Morgan fingerprint density at radius 2 is 2.04 bits per heavy atom. The number of hydrogen-bond donors (Lipinski definition) is 3. The van der Waals surface area contributed by atoms with Crippen LogP contribution in [0.2, 0.25) is 0 Å². The van der Waals surface area contributed by atoms with Crippen molar-refractivity contribution < 1.29 is 9.53 Å². The maximum atomic E-state index is 11.6. The van der Waals surface area contributed by atoms with Crippen LogP contribution in [-0.2, 0) is 16.1 Å². The van der Waals surface area contributed by atoms with E-state index >= 15 is 0 Å². The third-order valence-corrected chi connectivity index (χ3v) is 4.83. The molecule has 0 saturated carbocycles. The Labute approximate surface area is 172 Å². The van der Waals surface area contributed by atoms with Gasteiger partial charge in [-0.15, -0.1) is 24.0 Å². The van der Waals surface area contributed by atoms with Crippen LogP contribution in [0.5, 0.6) is 0 Å². The van der Waals surface area contributed by atoms with Crippen molar-refractivity contribution in [2.75, 3.05) is 12.4 Å². The molecule has 2 bridgehead atoms. The molecule has 1 aromatic carbocycles. The predicted molar refractivity (Wildman–Crippen MR) is 115 cm³/mol. The topological polar surface area (TPSA) is 74.8 Å². The Balaban J connectivity index is 0.00000243. The average molecular weight is 472 g/mol. The molecule has 2 saturated heterocycles. The highest BCUT2D eigenvalue weighted by Gasteiger charge is 2.41. The van der Waals surface area contributed by atoms with E-state index in [1.165, 1.54) is 6.42 Å². The number of benzene rings is 1. The summed E-state index contributed by atoms with van der Waals surface area (Å²) in [5.74, 6) is 0.868. The molecule has 144 valence electrons. The first kappa shape index (κ1) is 21.0. The minimum Gasteiger partial charge on any atom is -0.373 e. The lowest BCUT2D eigenvalue weighted by Crippen LogP contribution is -2.47. The number of ether oxygens (including phenoxy) is 1. The highest BCUT2D eigenvalue weighted by atomic mass is 127. The van der Waals surface area contributed by atoms with E-state index in [-0.39, 0.29) is 29.9 Å². The second kappa shape index (κ2) is 10.1. The Kier molecular flexibility index (Phi) is 8.15. The number of aliphatic imine (C=N–C) groups is 1. The molecule has 26 heavy (non-hydrogen) atoms. The van der Waals surface area contributed by atoms with Gasteiger partial charge in [0.25, 0.3) is 0 Å². The van der Waals surface area contributed by atoms with Crippen LogP contribution in [0.3, 0.4) is 0 Å². The number of hydrogen-bond acceptors (Lipinski definition) is 3. The SMILES string of the molecule is CCCC(=O)Nc1ccc(CNC(=NC)NC2CC3CCC2O3)cc1.I. The number of carbonyl (C=O) groups excluding carboxylic acids is 1. The highest BCUT2D eigenvalue weighted by molar-refractivity contribution is 14.0. The highest BCUT2D eigenvalue weighted by Crippen LogP contribution is 2.34. The first-order valence-corrected chi connectivity index (χ1v) is 9.19. The third kappa shape index (κ3) is 5.57. The summed E-state index contributed by atoms with van der Waals surface area (Å²) in [6, 6.07) is 8.26. The Morgan fingerprint density at radius 1 is 1.27 bits per heavy atom. The molecule has 0 radical (unpaired) electrons. The maximum absolute atomic E-state index is 11.6. The van der Waals surface area contributed by atoms with Crippen molar-refractivity contribution in [2.24, 2.45) is 4.99 Å². The summed E-state index contributed by atoms with van der Waals surface area (Å²) in [6.45, 7) is 2.68. The van der Waals surface area contributed by atoms with Gasteiger partial charge >= 0.3 is 0 Å². The maximum Gasteiger partial charge on any atom is 0.224 e. The normalized spacial score (nSPS) is 24.1. The molecule has 2 aliphatic rings. The summed E-state index contributed by atoms with van der Waals surface area (Å²) in [4.78, 5) is 15.9. The van der Waals surface area contributed by atoms with E-state index in [2.05, 4.69) is 20.9 Å². The molecule has 1 aromatic rings. The standard InChI is InChI=1S/C19H28N4O2.HI/c1-3-4-18(24)22-14-7-5-13(6-8-14)12-21-19(20-2)23-16-11-15-9-10-17(16)25-15;/h5-8,15-17H,3-4,9-12H2,1-2H3,(H,22,24)(H2,20,21,23);1H. The number of anilines is 1. The number of amides is 1. The monoisotopic (exact) mass is 472 g/mol. The molecule has 6 nitrogen and oxygen atoms in total. The number of fused-ring (bicyclic) bond motifs is 2. The van der Waals surface area contributed by atoms with Crippen molar-refractivity contribution in [1.82, 2.24) is 10.6 Å². The molecule has 2 aliphatic heterocycles. The van der Waals surface area contributed by atoms with Gasteiger partial charge in [-0.2, -0.15) is 0 Å². The molecule has 0 aromatic heterocycles. The fourth-order valence-electron chi connectivity index (χ4n) is 3.50. The van der Waals surface area contributed by atoms with Crippen molar-refractivity contribution >= 4 is 41.5 Å². The Bertz CT molecular complexity index is 620. The van der Waals surface area contributed by atoms with Gasteiger partial charge in [0.15, 0.2) is 5.96 Å². The average Bonchev–Trinajstić information content (AvgIpc) is 3.23. The number of nitrogens with one attached hydrogen (secondary N) is 3. The number of halogens is 1. The summed E-state index contributed by atoms with van der Waals surface area (Å²) in [6.07, 6.45) is 5.56. The first-order chi connectivity index (χ1) is 12.2. The van der Waals surface area contributed by atoms with Gasteiger partial charge in [0.2, 0.25) is 5.91 Å². The van der Waals surface area contributed by atoms with Crippen molar-refractivity contribution in [2.45, 2.75) is 63.8 Å². The second-order valence-electron chi connectivity index (χ2n) is 6.78. The minimum atomic E-state index is 0. The summed E-state index contributed by atoms with van der Waals surface area (Å²) >= 11 is 0. The lowest BCUT2D eigenvalue weighted by atomic mass is 9.96. The summed E-state index contributed by atoms with van der Waals surface area (Å²) < 4.78 is 5.88. The van der Waals surface area contributed by atoms with Gasteiger partial charge in [0, 0.05) is 25.7 Å². The zero-order chi connectivity index (χ0) is 17.6. The summed E-state index contributed by atoms with van der Waals surface area (Å²) in [7, 11) is 1.79. The van der Waals surface area contributed by atoms with Gasteiger partial charge in [0.05, 0.1) is 18.2 Å². The van der Waals surface area contributed by atoms with Gasteiger partial charge in [-0.05, 0) is 43.4 Å². The molecule has 2 fully saturated rings. The van der Waals surface area contributed by atoms with Crippen LogP contribution >= 0.6 is 24.0 Å². The fourth-order valence-corrected chi connectivity index (χ4v) is 3.50. The smallest absolute Gasteiger partial charge is 0.224 e. The largest absolute Gasteiger partial charge is 0.373 e. The van der Waals surface area contributed by atoms with Crippen LogP contribution in [-0.4, -0.2) is 37.2 Å². The molecular weight excluding hydrogens is 443 g/mol. The Hall–Kier alpha value is -1.35. The van der Waals surface area contributed by atoms with Gasteiger partial charge in [-0.25, -0.2) is 0 Å². The van der Waals surface area contributed by atoms with Crippen LogP contribution in [0.25, 0.3) is 0 Å². The zero-order valence-electron chi connectivity index (χ0n) is 15.5. The molecular formula is C19H29IN4O2. The van der Waals surface area contributed by atoms with Gasteiger partial charge in [-0.3, -0.25) is 9.79 Å². The lowest BCUT2D eigenvalue weighted by Gasteiger charge is -2.22. The number of nitrogens with zero attached hydrogens (tertiary/aromatic N) is 1. The molecule has 3 unspecified atom stereocenters. The van der Waals surface area contributed by atoms with E-state index in [9.17, 15) is 4.79 Å². The Morgan fingerprint density at radius 3 is 2.62 bits per heavy atom. The van der Waals surface area contributed by atoms with Gasteiger partial charge < -0.3 is 20.7 Å². The molecule has 0 spiro atoms. The fraction of sp³-hybridized carbons (Fsp3) is 0.579. The molecule has 3 N–H and O–H groups in total. The van der Waals surface area contributed by atoms with Gasteiger partial charge in [0.1, 0.15) is 0 Å². The molecule has 1 amide bonds. The van der Waals surface area contributed by atoms with Crippen LogP contribution in [0.1, 0.15) is 44.6 Å². The van der Waals surface area contributed by atoms with Crippen molar-refractivity contribution in [3.05, 3.63) is 29.8 Å². The number of rotatable bonds is 6.